The molecule has 0 fully saturated rings. The lowest BCUT2D eigenvalue weighted by Crippen LogP contribution is -2.27. The first-order valence-electron chi connectivity index (χ1n) is 9.93. The van der Waals surface area contributed by atoms with Crippen LogP contribution in [0.4, 0.5) is 10.1 Å². The minimum atomic E-state index is -0.666. The number of aromatic nitrogens is 5. The molecule has 0 saturated heterocycles. The summed E-state index contributed by atoms with van der Waals surface area (Å²) in [4.78, 5) is 26.3. The van der Waals surface area contributed by atoms with Gasteiger partial charge in [-0.1, -0.05) is 11.6 Å². The molecule has 1 unspecified atom stereocenters. The van der Waals surface area contributed by atoms with Crippen molar-refractivity contribution in [2.24, 2.45) is 5.73 Å². The van der Waals surface area contributed by atoms with E-state index in [9.17, 15) is 9.18 Å². The summed E-state index contributed by atoms with van der Waals surface area (Å²) in [5.74, 6) is -0.663. The van der Waals surface area contributed by atoms with Gasteiger partial charge < -0.3 is 15.4 Å². The quantitative estimate of drug-likeness (QED) is 0.490. The maximum atomic E-state index is 14.8. The third-order valence-electron chi connectivity index (χ3n) is 5.26. The van der Waals surface area contributed by atoms with Gasteiger partial charge in [0, 0.05) is 29.8 Å². The monoisotopic (exact) mass is 465 g/mol. The molecule has 33 heavy (non-hydrogen) atoms. The molecule has 1 amide bonds. The molecule has 0 radical (unpaired) electrons. The zero-order chi connectivity index (χ0) is 23.3. The van der Waals surface area contributed by atoms with E-state index in [1.807, 2.05) is 0 Å². The fourth-order valence-electron chi connectivity index (χ4n) is 3.78. The molecular formula is C22H17ClFN7O2. The van der Waals surface area contributed by atoms with Gasteiger partial charge >= 0.3 is 0 Å². The van der Waals surface area contributed by atoms with Crippen LogP contribution in [0.25, 0.3) is 28.4 Å². The zero-order valence-corrected chi connectivity index (χ0v) is 18.3. The van der Waals surface area contributed by atoms with Crippen molar-refractivity contribution in [3.8, 4) is 22.6 Å². The van der Waals surface area contributed by atoms with Gasteiger partial charge in [-0.05, 0) is 44.2 Å². The summed E-state index contributed by atoms with van der Waals surface area (Å²) >= 11 is 6.23. The molecular weight excluding hydrogens is 449 g/mol. The number of halogens is 2. The van der Waals surface area contributed by atoms with E-state index in [1.165, 1.54) is 10.6 Å². The number of pyridine rings is 1. The molecule has 1 atom stereocenters. The highest BCUT2D eigenvalue weighted by molar-refractivity contribution is 6.33. The molecule has 166 valence electrons. The van der Waals surface area contributed by atoms with Crippen molar-refractivity contribution in [1.82, 2.24) is 24.6 Å². The molecule has 1 aliphatic rings. The summed E-state index contributed by atoms with van der Waals surface area (Å²) in [6.45, 7) is 3.48. The number of benzene rings is 1. The van der Waals surface area contributed by atoms with Crippen LogP contribution in [0.2, 0.25) is 5.02 Å². The van der Waals surface area contributed by atoms with E-state index in [1.54, 1.807) is 61.6 Å². The van der Waals surface area contributed by atoms with E-state index in [2.05, 4.69) is 20.1 Å². The first-order valence-corrected chi connectivity index (χ1v) is 10.3. The Morgan fingerprint density at radius 3 is 2.82 bits per heavy atom. The standard InChI is InChI=1S/C22H17ClFN7O2/c1-11-19(20(25)32)33-12(2)31(11)14-5-6-17(24)15(8-14)21-28-22-27-9-13(10-30(22)29-21)18-16(23)4-3-7-26-18/h3-10,12H,1-2H3,(H2,25,32). The number of amides is 1. The lowest BCUT2D eigenvalue weighted by molar-refractivity contribution is -0.118. The van der Waals surface area contributed by atoms with Crippen molar-refractivity contribution in [2.75, 3.05) is 4.90 Å². The van der Waals surface area contributed by atoms with Crippen LogP contribution in [0, 0.1) is 5.82 Å². The predicted octanol–water partition coefficient (Wildman–Crippen LogP) is 3.55. The Morgan fingerprint density at radius 1 is 1.27 bits per heavy atom. The molecule has 5 rings (SSSR count). The van der Waals surface area contributed by atoms with Gasteiger partial charge in [-0.15, -0.1) is 5.10 Å². The minimum absolute atomic E-state index is 0.0733. The van der Waals surface area contributed by atoms with E-state index < -0.39 is 18.0 Å². The first-order chi connectivity index (χ1) is 15.8. The van der Waals surface area contributed by atoms with E-state index in [-0.39, 0.29) is 22.9 Å². The number of allylic oxidation sites excluding steroid dienone is 1. The van der Waals surface area contributed by atoms with Crippen LogP contribution in [-0.4, -0.2) is 36.7 Å². The van der Waals surface area contributed by atoms with E-state index >= 15 is 0 Å². The fraction of sp³-hybridized carbons (Fsp3) is 0.136. The van der Waals surface area contributed by atoms with Crippen LogP contribution in [0.15, 0.2) is 60.4 Å². The molecule has 1 aliphatic heterocycles. The Balaban J connectivity index is 1.57. The van der Waals surface area contributed by atoms with Crippen LogP contribution in [-0.2, 0) is 9.53 Å². The summed E-state index contributed by atoms with van der Waals surface area (Å²) in [6.07, 6.45) is 4.39. The number of rotatable bonds is 4. The molecule has 11 heteroatoms. The van der Waals surface area contributed by atoms with Crippen LogP contribution >= 0.6 is 11.6 Å². The van der Waals surface area contributed by atoms with Gasteiger partial charge in [0.15, 0.2) is 12.1 Å². The molecule has 0 aliphatic carbocycles. The maximum absolute atomic E-state index is 14.8. The summed E-state index contributed by atoms with van der Waals surface area (Å²) in [5.41, 5.74) is 7.89. The molecule has 9 nitrogen and oxygen atoms in total. The number of nitrogens with two attached hydrogens (primary N) is 1. The highest BCUT2D eigenvalue weighted by Gasteiger charge is 2.32. The van der Waals surface area contributed by atoms with Crippen molar-refractivity contribution in [3.63, 3.8) is 0 Å². The predicted molar refractivity (Wildman–Crippen MR) is 119 cm³/mol. The third kappa shape index (κ3) is 3.54. The Bertz CT molecular complexity index is 1450. The normalized spacial score (nSPS) is 15.9. The van der Waals surface area contributed by atoms with Crippen molar-refractivity contribution >= 4 is 29.0 Å². The summed E-state index contributed by atoms with van der Waals surface area (Å²) in [6, 6.07) is 7.95. The van der Waals surface area contributed by atoms with E-state index in [0.717, 1.165) is 0 Å². The van der Waals surface area contributed by atoms with Gasteiger partial charge in [0.25, 0.3) is 11.7 Å². The summed E-state index contributed by atoms with van der Waals surface area (Å²) in [5, 5.41) is 4.88. The Labute approximate surface area is 192 Å². The van der Waals surface area contributed by atoms with Crippen molar-refractivity contribution in [2.45, 2.75) is 20.1 Å². The number of hydrogen-bond acceptors (Lipinski definition) is 7. The smallest absolute Gasteiger partial charge is 0.285 e. The minimum Gasteiger partial charge on any atom is -0.463 e. The SMILES string of the molecule is CC1=C(C(N)=O)OC(C)N1c1ccc(F)c(-c2nc3ncc(-c4ncccc4Cl)cn3n2)c1. The third-order valence-corrected chi connectivity index (χ3v) is 5.57. The number of primary amides is 1. The molecule has 3 aromatic heterocycles. The fourth-order valence-corrected chi connectivity index (χ4v) is 4.01. The van der Waals surface area contributed by atoms with Gasteiger partial charge in [0.1, 0.15) is 5.82 Å². The summed E-state index contributed by atoms with van der Waals surface area (Å²) in [7, 11) is 0. The average molecular weight is 466 g/mol. The highest BCUT2D eigenvalue weighted by atomic mass is 35.5. The molecule has 1 aromatic carbocycles. The zero-order valence-electron chi connectivity index (χ0n) is 17.5. The van der Waals surface area contributed by atoms with Crippen molar-refractivity contribution in [3.05, 3.63) is 71.2 Å². The van der Waals surface area contributed by atoms with Crippen molar-refractivity contribution < 1.29 is 13.9 Å². The maximum Gasteiger partial charge on any atom is 0.285 e. The molecule has 0 spiro atoms. The second kappa shape index (κ2) is 7.82. The van der Waals surface area contributed by atoms with Crippen LogP contribution in [0.1, 0.15) is 13.8 Å². The largest absolute Gasteiger partial charge is 0.463 e. The molecule has 0 bridgehead atoms. The summed E-state index contributed by atoms with van der Waals surface area (Å²) < 4.78 is 21.8. The van der Waals surface area contributed by atoms with Gasteiger partial charge in [-0.2, -0.15) is 4.98 Å². The average Bonchev–Trinajstić information content (AvgIpc) is 3.34. The number of fused-ring (bicyclic) bond motifs is 1. The Morgan fingerprint density at radius 2 is 2.09 bits per heavy atom. The second-order valence-electron chi connectivity index (χ2n) is 7.39. The Hall–Kier alpha value is -4.05. The molecule has 4 heterocycles. The number of ether oxygens (including phenoxy) is 1. The van der Waals surface area contributed by atoms with Gasteiger partial charge in [-0.25, -0.2) is 13.9 Å². The second-order valence-corrected chi connectivity index (χ2v) is 7.79. The highest BCUT2D eigenvalue weighted by Crippen LogP contribution is 2.34. The number of carbonyl (C=O) groups excluding carboxylic acids is 1. The molecule has 2 N–H and O–H groups in total. The van der Waals surface area contributed by atoms with Crippen LogP contribution in [0.5, 0.6) is 0 Å². The number of carbonyl (C=O) groups is 1. The first kappa shape index (κ1) is 20.8. The number of hydrogen-bond donors (Lipinski definition) is 1. The van der Waals surface area contributed by atoms with Crippen LogP contribution < -0.4 is 10.6 Å². The molecule has 4 aromatic rings. The van der Waals surface area contributed by atoms with E-state index in [0.29, 0.717) is 27.7 Å². The van der Waals surface area contributed by atoms with Gasteiger partial charge in [-0.3, -0.25) is 9.78 Å². The van der Waals surface area contributed by atoms with E-state index in [4.69, 9.17) is 22.1 Å². The van der Waals surface area contributed by atoms with Crippen LogP contribution in [0.3, 0.4) is 0 Å². The van der Waals surface area contributed by atoms with Crippen molar-refractivity contribution in [1.29, 1.82) is 0 Å². The lowest BCUT2D eigenvalue weighted by Gasteiger charge is -2.24. The number of anilines is 1. The van der Waals surface area contributed by atoms with Gasteiger partial charge in [0.05, 0.1) is 22.0 Å². The Kier molecular flexibility index (Phi) is 4.94. The van der Waals surface area contributed by atoms with Gasteiger partial charge in [0.2, 0.25) is 5.76 Å². The molecule has 0 saturated carbocycles. The lowest BCUT2D eigenvalue weighted by atomic mass is 10.1. The topological polar surface area (TPSA) is 112 Å². The number of nitrogens with zero attached hydrogens (tertiary/aromatic N) is 6.